The molecule has 3 heterocycles. The highest BCUT2D eigenvalue weighted by molar-refractivity contribution is 6.11. The summed E-state index contributed by atoms with van der Waals surface area (Å²) in [5, 5.41) is 4.89. The summed E-state index contributed by atoms with van der Waals surface area (Å²) in [4.78, 5) is 15.4. The van der Waals surface area contributed by atoms with Crippen LogP contribution in [0.2, 0.25) is 0 Å². The minimum Gasteiger partial charge on any atom is -0.309 e. The number of benzene rings is 10. The van der Waals surface area contributed by atoms with E-state index in [2.05, 4.69) is 240 Å². The summed E-state index contributed by atoms with van der Waals surface area (Å²) in [5.41, 5.74) is 16.5. The molecule has 0 saturated heterocycles. The molecule has 0 fully saturated rings. The molecule has 10 aromatic carbocycles. The Hall–Kier alpha value is -9.19. The standard InChI is InChI=1S/C63H41N5/c1-4-17-42(18-5-1)47-36-38-59-55(40-47)54-27-12-15-30-58(54)68(59)60-41-48(35-37-51(60)44-19-6-2-7-20-44)43-31-33-46(34-32-43)62-64-61(45-21-8-3-9-22-45)65-63(66-62)49-23-16-24-50(39-49)67-56-28-13-10-25-52(56)53-26-11-14-29-57(53)67/h1-41H. The van der Waals surface area contributed by atoms with Crippen molar-refractivity contribution in [2.75, 3.05) is 0 Å². The molecular weight excluding hydrogens is 827 g/mol. The van der Waals surface area contributed by atoms with Gasteiger partial charge < -0.3 is 9.13 Å². The molecule has 0 saturated carbocycles. The lowest BCUT2D eigenvalue weighted by Gasteiger charge is -2.16. The van der Waals surface area contributed by atoms with E-state index in [1.54, 1.807) is 0 Å². The molecule has 0 aliphatic carbocycles. The Balaban J connectivity index is 0.921. The van der Waals surface area contributed by atoms with E-state index in [1.165, 1.54) is 32.7 Å². The fourth-order valence-corrected chi connectivity index (χ4v) is 9.95. The molecular formula is C63H41N5. The molecule has 0 aliphatic rings. The third-order valence-corrected chi connectivity index (χ3v) is 13.2. The first-order valence-corrected chi connectivity index (χ1v) is 23.0. The van der Waals surface area contributed by atoms with E-state index in [0.717, 1.165) is 72.4 Å². The Morgan fingerprint density at radius 1 is 0.235 bits per heavy atom. The van der Waals surface area contributed by atoms with Crippen molar-refractivity contribution in [1.29, 1.82) is 0 Å². The van der Waals surface area contributed by atoms with E-state index in [1.807, 2.05) is 18.2 Å². The molecule has 13 aromatic rings. The first kappa shape index (κ1) is 39.2. The van der Waals surface area contributed by atoms with Gasteiger partial charge >= 0.3 is 0 Å². The van der Waals surface area contributed by atoms with Crippen molar-refractivity contribution in [1.82, 2.24) is 24.1 Å². The number of hydrogen-bond donors (Lipinski definition) is 0. The van der Waals surface area contributed by atoms with Crippen LogP contribution in [0.3, 0.4) is 0 Å². The zero-order valence-electron chi connectivity index (χ0n) is 36.9. The van der Waals surface area contributed by atoms with Gasteiger partial charge in [-0.25, -0.2) is 15.0 Å². The summed E-state index contributed by atoms with van der Waals surface area (Å²) in [5.74, 6) is 1.85. The maximum atomic E-state index is 5.19. The molecule has 318 valence electrons. The van der Waals surface area contributed by atoms with Crippen molar-refractivity contribution in [3.05, 3.63) is 249 Å². The molecule has 0 unspecified atom stereocenters. The number of fused-ring (bicyclic) bond motifs is 6. The monoisotopic (exact) mass is 867 g/mol. The van der Waals surface area contributed by atoms with Crippen molar-refractivity contribution in [2.45, 2.75) is 0 Å². The van der Waals surface area contributed by atoms with Crippen LogP contribution in [0.25, 0.3) is 123 Å². The quantitative estimate of drug-likeness (QED) is 0.153. The molecule has 5 nitrogen and oxygen atoms in total. The van der Waals surface area contributed by atoms with Gasteiger partial charge in [-0.05, 0) is 76.3 Å². The van der Waals surface area contributed by atoms with E-state index in [-0.39, 0.29) is 0 Å². The van der Waals surface area contributed by atoms with Crippen molar-refractivity contribution in [3.63, 3.8) is 0 Å². The maximum absolute atomic E-state index is 5.19. The zero-order chi connectivity index (χ0) is 45.0. The summed E-state index contributed by atoms with van der Waals surface area (Å²) in [6, 6.07) is 88.3. The minimum absolute atomic E-state index is 0.614. The summed E-state index contributed by atoms with van der Waals surface area (Å²) in [6.45, 7) is 0. The van der Waals surface area contributed by atoms with Gasteiger partial charge in [0.05, 0.1) is 27.8 Å². The Morgan fingerprint density at radius 2 is 0.647 bits per heavy atom. The highest BCUT2D eigenvalue weighted by Crippen LogP contribution is 2.40. The molecule has 5 heteroatoms. The highest BCUT2D eigenvalue weighted by atomic mass is 15.0. The van der Waals surface area contributed by atoms with Gasteiger partial charge in [0, 0.05) is 49.5 Å². The third-order valence-electron chi connectivity index (χ3n) is 13.2. The van der Waals surface area contributed by atoms with Gasteiger partial charge in [0.25, 0.3) is 0 Å². The molecule has 0 radical (unpaired) electrons. The second-order valence-corrected chi connectivity index (χ2v) is 17.2. The fourth-order valence-electron chi connectivity index (χ4n) is 9.95. The number of aromatic nitrogens is 5. The van der Waals surface area contributed by atoms with Crippen molar-refractivity contribution in [3.8, 4) is 78.9 Å². The number of para-hydroxylation sites is 3. The van der Waals surface area contributed by atoms with Gasteiger partial charge in [-0.15, -0.1) is 0 Å². The molecule has 0 atom stereocenters. The Labute approximate surface area is 393 Å². The number of nitrogens with zero attached hydrogens (tertiary/aromatic N) is 5. The van der Waals surface area contributed by atoms with Crippen molar-refractivity contribution >= 4 is 43.6 Å². The Morgan fingerprint density at radius 3 is 1.28 bits per heavy atom. The average Bonchev–Trinajstić information content (AvgIpc) is 3.94. The zero-order valence-corrected chi connectivity index (χ0v) is 36.9. The summed E-state index contributed by atoms with van der Waals surface area (Å²) >= 11 is 0. The SMILES string of the molecule is c1ccc(-c2ccc3c(c2)c2ccccc2n3-c2cc(-c3ccc(-c4nc(-c5ccccc5)nc(-c5cccc(-n6c7ccccc7c7ccccc76)c5)n4)cc3)ccc2-c2ccccc2)cc1. The van der Waals surface area contributed by atoms with E-state index < -0.39 is 0 Å². The van der Waals surface area contributed by atoms with E-state index in [0.29, 0.717) is 17.5 Å². The van der Waals surface area contributed by atoms with E-state index >= 15 is 0 Å². The number of hydrogen-bond acceptors (Lipinski definition) is 3. The molecule has 0 bridgehead atoms. The lowest BCUT2D eigenvalue weighted by atomic mass is 9.97. The van der Waals surface area contributed by atoms with Crippen LogP contribution in [0, 0.1) is 0 Å². The Bertz CT molecular complexity index is 3950. The second kappa shape index (κ2) is 16.4. The molecule has 0 amide bonds. The average molecular weight is 868 g/mol. The Kier molecular flexibility index (Phi) is 9.43. The minimum atomic E-state index is 0.614. The topological polar surface area (TPSA) is 48.5 Å². The lowest BCUT2D eigenvalue weighted by molar-refractivity contribution is 1.07. The van der Waals surface area contributed by atoms with Crippen LogP contribution in [0.15, 0.2) is 249 Å². The lowest BCUT2D eigenvalue weighted by Crippen LogP contribution is -2.01. The first-order chi connectivity index (χ1) is 33.7. The first-order valence-electron chi connectivity index (χ1n) is 23.0. The predicted octanol–water partition coefficient (Wildman–Crippen LogP) is 16.1. The van der Waals surface area contributed by atoms with Crippen LogP contribution in [0.4, 0.5) is 0 Å². The van der Waals surface area contributed by atoms with E-state index in [9.17, 15) is 0 Å². The van der Waals surface area contributed by atoms with Crippen LogP contribution in [-0.2, 0) is 0 Å². The fraction of sp³-hybridized carbons (Fsp3) is 0. The molecule has 3 aromatic heterocycles. The smallest absolute Gasteiger partial charge is 0.164 e. The molecule has 0 aliphatic heterocycles. The van der Waals surface area contributed by atoms with Gasteiger partial charge in [0.15, 0.2) is 17.5 Å². The van der Waals surface area contributed by atoms with Gasteiger partial charge in [-0.2, -0.15) is 0 Å². The van der Waals surface area contributed by atoms with Gasteiger partial charge in [-0.1, -0.05) is 200 Å². The molecule has 68 heavy (non-hydrogen) atoms. The second-order valence-electron chi connectivity index (χ2n) is 17.2. The summed E-state index contributed by atoms with van der Waals surface area (Å²) < 4.78 is 4.77. The van der Waals surface area contributed by atoms with Crippen LogP contribution in [0.1, 0.15) is 0 Å². The van der Waals surface area contributed by atoms with Crippen molar-refractivity contribution in [2.24, 2.45) is 0 Å². The summed E-state index contributed by atoms with van der Waals surface area (Å²) in [6.07, 6.45) is 0. The van der Waals surface area contributed by atoms with Gasteiger partial charge in [-0.3, -0.25) is 0 Å². The molecule has 0 spiro atoms. The summed E-state index contributed by atoms with van der Waals surface area (Å²) in [7, 11) is 0. The maximum Gasteiger partial charge on any atom is 0.164 e. The highest BCUT2D eigenvalue weighted by Gasteiger charge is 2.19. The van der Waals surface area contributed by atoms with Crippen LogP contribution in [-0.4, -0.2) is 24.1 Å². The van der Waals surface area contributed by atoms with Gasteiger partial charge in [0.1, 0.15) is 0 Å². The third kappa shape index (κ3) is 6.76. The van der Waals surface area contributed by atoms with Crippen LogP contribution in [0.5, 0.6) is 0 Å². The molecule has 13 rings (SSSR count). The predicted molar refractivity (Wildman–Crippen MR) is 281 cm³/mol. The van der Waals surface area contributed by atoms with Crippen LogP contribution >= 0.6 is 0 Å². The van der Waals surface area contributed by atoms with Gasteiger partial charge in [0.2, 0.25) is 0 Å². The molecule has 0 N–H and O–H groups in total. The largest absolute Gasteiger partial charge is 0.309 e. The van der Waals surface area contributed by atoms with E-state index in [4.69, 9.17) is 15.0 Å². The number of rotatable bonds is 8. The normalized spacial score (nSPS) is 11.5. The van der Waals surface area contributed by atoms with Crippen molar-refractivity contribution < 1.29 is 0 Å². The van der Waals surface area contributed by atoms with Crippen LogP contribution < -0.4 is 0 Å².